The summed E-state index contributed by atoms with van der Waals surface area (Å²) >= 11 is 0. The van der Waals surface area contributed by atoms with Crippen LogP contribution >= 0.6 is 0 Å². The van der Waals surface area contributed by atoms with E-state index in [0.717, 1.165) is 55.9 Å². The molecule has 3 aliphatic rings. The molecule has 23 heavy (non-hydrogen) atoms. The minimum absolute atomic E-state index is 0.258. The molecule has 1 atom stereocenters. The lowest BCUT2D eigenvalue weighted by molar-refractivity contribution is -0.137. The molecule has 2 fully saturated rings. The molecule has 1 unspecified atom stereocenters. The number of carbonyl (C=O) groups excluding carboxylic acids is 1. The van der Waals surface area contributed by atoms with Gasteiger partial charge in [0.2, 0.25) is 5.91 Å². The Bertz CT molecular complexity index is 576. The predicted octanol–water partition coefficient (Wildman–Crippen LogP) is 2.37. The molecule has 0 radical (unpaired) electrons. The lowest BCUT2D eigenvalue weighted by Gasteiger charge is -2.32. The molecule has 0 spiro atoms. The van der Waals surface area contributed by atoms with Gasteiger partial charge in [-0.05, 0) is 32.2 Å². The number of hydrogen-bond donors (Lipinski definition) is 1. The van der Waals surface area contributed by atoms with E-state index in [1.165, 1.54) is 25.7 Å². The SMILES string of the molecule is O=C(C1CCCCC1)N1CCc2nc(C3CCCN3)ncc2C1. The Morgan fingerprint density at radius 1 is 1.17 bits per heavy atom. The first-order chi connectivity index (χ1) is 11.3. The van der Waals surface area contributed by atoms with Gasteiger partial charge < -0.3 is 10.2 Å². The summed E-state index contributed by atoms with van der Waals surface area (Å²) in [5, 5.41) is 3.46. The van der Waals surface area contributed by atoms with Crippen molar-refractivity contribution in [1.29, 1.82) is 0 Å². The van der Waals surface area contributed by atoms with Crippen molar-refractivity contribution >= 4 is 5.91 Å². The maximum absolute atomic E-state index is 12.7. The molecule has 1 N–H and O–H groups in total. The largest absolute Gasteiger partial charge is 0.338 e. The monoisotopic (exact) mass is 314 g/mol. The molecule has 1 amide bonds. The first-order valence-electron chi connectivity index (χ1n) is 9.18. The number of nitrogens with one attached hydrogen (secondary N) is 1. The Morgan fingerprint density at radius 2 is 2.04 bits per heavy atom. The van der Waals surface area contributed by atoms with Crippen molar-refractivity contribution in [1.82, 2.24) is 20.2 Å². The van der Waals surface area contributed by atoms with E-state index in [9.17, 15) is 4.79 Å². The molecule has 3 heterocycles. The summed E-state index contributed by atoms with van der Waals surface area (Å²) < 4.78 is 0. The summed E-state index contributed by atoms with van der Waals surface area (Å²) in [6.45, 7) is 2.58. The van der Waals surface area contributed by atoms with Crippen LogP contribution < -0.4 is 5.32 Å². The highest BCUT2D eigenvalue weighted by Gasteiger charge is 2.29. The average molecular weight is 314 g/mol. The van der Waals surface area contributed by atoms with E-state index in [4.69, 9.17) is 4.98 Å². The molecule has 1 aromatic rings. The zero-order valence-electron chi connectivity index (χ0n) is 13.8. The average Bonchev–Trinajstić information content (AvgIpc) is 3.15. The number of fused-ring (bicyclic) bond motifs is 1. The first kappa shape index (κ1) is 15.1. The van der Waals surface area contributed by atoms with Crippen molar-refractivity contribution in [3.8, 4) is 0 Å². The second kappa shape index (κ2) is 6.56. The zero-order valence-corrected chi connectivity index (χ0v) is 13.8. The van der Waals surface area contributed by atoms with Gasteiger partial charge in [-0.2, -0.15) is 0 Å². The lowest BCUT2D eigenvalue weighted by Crippen LogP contribution is -2.40. The number of carbonyl (C=O) groups is 1. The molecule has 0 aromatic carbocycles. The molecule has 2 aliphatic heterocycles. The highest BCUT2D eigenvalue weighted by molar-refractivity contribution is 5.79. The van der Waals surface area contributed by atoms with Crippen LogP contribution in [0.25, 0.3) is 0 Å². The molecule has 1 saturated heterocycles. The topological polar surface area (TPSA) is 58.1 Å². The van der Waals surface area contributed by atoms with Gasteiger partial charge in [0.1, 0.15) is 5.82 Å². The van der Waals surface area contributed by atoms with Crippen LogP contribution in [0.5, 0.6) is 0 Å². The summed E-state index contributed by atoms with van der Waals surface area (Å²) in [5.74, 6) is 1.55. The third-order valence-corrected chi connectivity index (χ3v) is 5.59. The molecule has 124 valence electrons. The molecule has 5 nitrogen and oxygen atoms in total. The molecular weight excluding hydrogens is 288 g/mol. The van der Waals surface area contributed by atoms with Gasteiger partial charge in [-0.25, -0.2) is 9.97 Å². The number of amides is 1. The molecule has 1 aliphatic carbocycles. The first-order valence-corrected chi connectivity index (χ1v) is 9.18. The van der Waals surface area contributed by atoms with E-state index >= 15 is 0 Å². The van der Waals surface area contributed by atoms with Gasteiger partial charge in [0.05, 0.1) is 11.7 Å². The van der Waals surface area contributed by atoms with Gasteiger partial charge >= 0.3 is 0 Å². The molecule has 1 saturated carbocycles. The van der Waals surface area contributed by atoms with Crippen LogP contribution in [-0.2, 0) is 17.8 Å². The minimum Gasteiger partial charge on any atom is -0.338 e. The second-order valence-corrected chi connectivity index (χ2v) is 7.19. The Morgan fingerprint density at radius 3 is 2.83 bits per heavy atom. The van der Waals surface area contributed by atoms with Crippen molar-refractivity contribution in [2.45, 2.75) is 64.0 Å². The Balaban J connectivity index is 1.45. The molecule has 1 aromatic heterocycles. The van der Waals surface area contributed by atoms with E-state index < -0.39 is 0 Å². The van der Waals surface area contributed by atoms with Crippen molar-refractivity contribution in [2.24, 2.45) is 5.92 Å². The fourth-order valence-electron chi connectivity index (χ4n) is 4.20. The van der Waals surface area contributed by atoms with Crippen LogP contribution in [0, 0.1) is 5.92 Å². The van der Waals surface area contributed by atoms with Crippen molar-refractivity contribution in [2.75, 3.05) is 13.1 Å². The summed E-state index contributed by atoms with van der Waals surface area (Å²) in [7, 11) is 0. The van der Waals surface area contributed by atoms with Crippen LogP contribution in [0.3, 0.4) is 0 Å². The van der Waals surface area contributed by atoms with E-state index in [1.807, 2.05) is 11.1 Å². The standard InChI is InChI=1S/C18H26N4O/c23-18(13-5-2-1-3-6-13)22-10-8-15-14(12-22)11-20-17(21-15)16-7-4-9-19-16/h11,13,16,19H,1-10,12H2. The van der Waals surface area contributed by atoms with Crippen LogP contribution in [0.2, 0.25) is 0 Å². The fourth-order valence-corrected chi connectivity index (χ4v) is 4.20. The van der Waals surface area contributed by atoms with E-state index in [0.29, 0.717) is 18.5 Å². The predicted molar refractivity (Wildman–Crippen MR) is 87.7 cm³/mol. The lowest BCUT2D eigenvalue weighted by atomic mass is 9.88. The van der Waals surface area contributed by atoms with Gasteiger partial charge in [-0.15, -0.1) is 0 Å². The van der Waals surface area contributed by atoms with E-state index in [-0.39, 0.29) is 5.92 Å². The van der Waals surface area contributed by atoms with Crippen LogP contribution in [-0.4, -0.2) is 33.9 Å². The van der Waals surface area contributed by atoms with Crippen LogP contribution in [0.15, 0.2) is 6.20 Å². The number of aromatic nitrogens is 2. The van der Waals surface area contributed by atoms with Gasteiger partial charge in [-0.1, -0.05) is 19.3 Å². The quantitative estimate of drug-likeness (QED) is 0.910. The number of nitrogens with zero attached hydrogens (tertiary/aromatic N) is 3. The Labute approximate surface area is 137 Å². The fraction of sp³-hybridized carbons (Fsp3) is 0.722. The molecule has 5 heteroatoms. The maximum atomic E-state index is 12.7. The van der Waals surface area contributed by atoms with Gasteiger partial charge in [0, 0.05) is 37.2 Å². The summed E-state index contributed by atoms with van der Waals surface area (Å²) in [4.78, 5) is 24.1. The maximum Gasteiger partial charge on any atom is 0.225 e. The number of hydrogen-bond acceptors (Lipinski definition) is 4. The zero-order chi connectivity index (χ0) is 15.6. The summed E-state index contributed by atoms with van der Waals surface area (Å²) in [5.41, 5.74) is 2.29. The third kappa shape index (κ3) is 3.11. The third-order valence-electron chi connectivity index (χ3n) is 5.59. The smallest absolute Gasteiger partial charge is 0.225 e. The van der Waals surface area contributed by atoms with Crippen LogP contribution in [0.4, 0.5) is 0 Å². The van der Waals surface area contributed by atoms with Gasteiger partial charge in [0.15, 0.2) is 0 Å². The van der Waals surface area contributed by atoms with Crippen LogP contribution in [0.1, 0.15) is 68.1 Å². The summed E-state index contributed by atoms with van der Waals surface area (Å²) in [6.07, 6.45) is 11.0. The van der Waals surface area contributed by atoms with E-state index in [2.05, 4.69) is 10.3 Å². The molecule has 4 rings (SSSR count). The van der Waals surface area contributed by atoms with Crippen molar-refractivity contribution in [3.05, 3.63) is 23.3 Å². The van der Waals surface area contributed by atoms with E-state index in [1.54, 1.807) is 0 Å². The highest BCUT2D eigenvalue weighted by Crippen LogP contribution is 2.28. The Hall–Kier alpha value is -1.49. The molecule has 0 bridgehead atoms. The normalized spacial score (nSPS) is 25.4. The Kier molecular flexibility index (Phi) is 4.29. The highest BCUT2D eigenvalue weighted by atomic mass is 16.2. The minimum atomic E-state index is 0.258. The van der Waals surface area contributed by atoms with Crippen molar-refractivity contribution in [3.63, 3.8) is 0 Å². The molecular formula is C18H26N4O. The van der Waals surface area contributed by atoms with Gasteiger partial charge in [-0.3, -0.25) is 4.79 Å². The second-order valence-electron chi connectivity index (χ2n) is 7.19. The van der Waals surface area contributed by atoms with Crippen molar-refractivity contribution < 1.29 is 4.79 Å². The number of rotatable bonds is 2. The van der Waals surface area contributed by atoms with Gasteiger partial charge in [0.25, 0.3) is 0 Å². The summed E-state index contributed by atoms with van der Waals surface area (Å²) in [6, 6.07) is 0.321.